The minimum Gasteiger partial charge on any atom is -0.341 e. The van der Waals surface area contributed by atoms with E-state index in [9.17, 15) is 4.79 Å². The van der Waals surface area contributed by atoms with E-state index < -0.39 is 0 Å². The molecule has 0 aromatic carbocycles. The van der Waals surface area contributed by atoms with Crippen LogP contribution < -0.4 is 5.32 Å². The Morgan fingerprint density at radius 2 is 1.89 bits per heavy atom. The van der Waals surface area contributed by atoms with Crippen LogP contribution in [-0.4, -0.2) is 60.0 Å². The molecule has 4 heteroatoms. The molecule has 2 unspecified atom stereocenters. The van der Waals surface area contributed by atoms with Crippen LogP contribution in [0.2, 0.25) is 0 Å². The van der Waals surface area contributed by atoms with E-state index in [1.165, 1.54) is 19.3 Å². The number of hydrogen-bond acceptors (Lipinski definition) is 3. The van der Waals surface area contributed by atoms with Crippen molar-refractivity contribution in [1.29, 1.82) is 0 Å². The van der Waals surface area contributed by atoms with Crippen molar-refractivity contribution in [3.05, 3.63) is 0 Å². The number of carbonyl (C=O) groups excluding carboxylic acids is 1. The van der Waals surface area contributed by atoms with Gasteiger partial charge in [0.2, 0.25) is 5.91 Å². The third-order valence-corrected chi connectivity index (χ3v) is 4.88. The monoisotopic (exact) mass is 251 g/mol. The molecule has 3 rings (SSSR count). The fourth-order valence-electron chi connectivity index (χ4n) is 3.88. The van der Waals surface area contributed by atoms with Crippen molar-refractivity contribution in [2.45, 2.75) is 51.2 Å². The molecule has 3 fully saturated rings. The van der Waals surface area contributed by atoms with Gasteiger partial charge in [-0.15, -0.1) is 0 Å². The van der Waals surface area contributed by atoms with Crippen LogP contribution in [0.15, 0.2) is 0 Å². The summed E-state index contributed by atoms with van der Waals surface area (Å²) in [5.41, 5.74) is 0. The third kappa shape index (κ3) is 2.05. The summed E-state index contributed by atoms with van der Waals surface area (Å²) >= 11 is 0. The molecular weight excluding hydrogens is 226 g/mol. The fraction of sp³-hybridized carbons (Fsp3) is 0.929. The molecule has 0 aliphatic carbocycles. The van der Waals surface area contributed by atoms with Crippen LogP contribution in [0.1, 0.15) is 33.1 Å². The molecule has 1 N–H and O–H groups in total. The van der Waals surface area contributed by atoms with E-state index >= 15 is 0 Å². The van der Waals surface area contributed by atoms with Crippen LogP contribution in [0.4, 0.5) is 0 Å². The molecular formula is C14H25N3O. The first kappa shape index (κ1) is 12.4. The SMILES string of the molecule is CC(C)N1C2CCC1CN(C(=O)C1CNC1)CC2. The van der Waals surface area contributed by atoms with E-state index in [-0.39, 0.29) is 5.92 Å². The summed E-state index contributed by atoms with van der Waals surface area (Å²) in [6.45, 7) is 8.29. The maximum absolute atomic E-state index is 12.4. The van der Waals surface area contributed by atoms with Gasteiger partial charge < -0.3 is 10.2 Å². The Morgan fingerprint density at radius 1 is 1.17 bits per heavy atom. The van der Waals surface area contributed by atoms with Crippen molar-refractivity contribution >= 4 is 5.91 Å². The maximum Gasteiger partial charge on any atom is 0.228 e. The highest BCUT2D eigenvalue weighted by molar-refractivity contribution is 5.80. The number of rotatable bonds is 2. The van der Waals surface area contributed by atoms with Gasteiger partial charge in [0.15, 0.2) is 0 Å². The van der Waals surface area contributed by atoms with Gasteiger partial charge in [0, 0.05) is 44.3 Å². The molecule has 2 bridgehead atoms. The van der Waals surface area contributed by atoms with Gasteiger partial charge in [-0.25, -0.2) is 0 Å². The molecule has 0 saturated carbocycles. The topological polar surface area (TPSA) is 35.6 Å². The van der Waals surface area contributed by atoms with Crippen molar-refractivity contribution in [1.82, 2.24) is 15.1 Å². The zero-order valence-electron chi connectivity index (χ0n) is 11.6. The number of nitrogens with one attached hydrogen (secondary N) is 1. The normalized spacial score (nSPS) is 33.6. The molecule has 1 amide bonds. The number of nitrogens with zero attached hydrogens (tertiary/aromatic N) is 2. The highest BCUT2D eigenvalue weighted by atomic mass is 16.2. The largest absolute Gasteiger partial charge is 0.341 e. The van der Waals surface area contributed by atoms with Crippen molar-refractivity contribution in [2.75, 3.05) is 26.2 Å². The number of amides is 1. The van der Waals surface area contributed by atoms with Gasteiger partial charge in [-0.1, -0.05) is 0 Å². The quantitative estimate of drug-likeness (QED) is 0.784. The van der Waals surface area contributed by atoms with Gasteiger partial charge in [-0.05, 0) is 33.1 Å². The van der Waals surface area contributed by atoms with E-state index in [4.69, 9.17) is 0 Å². The van der Waals surface area contributed by atoms with Crippen LogP contribution in [0.5, 0.6) is 0 Å². The van der Waals surface area contributed by atoms with Crippen LogP contribution in [0.3, 0.4) is 0 Å². The van der Waals surface area contributed by atoms with Gasteiger partial charge in [-0.3, -0.25) is 9.69 Å². The third-order valence-electron chi connectivity index (χ3n) is 4.88. The summed E-state index contributed by atoms with van der Waals surface area (Å²) in [6.07, 6.45) is 3.77. The highest BCUT2D eigenvalue weighted by Crippen LogP contribution is 2.32. The maximum atomic E-state index is 12.4. The highest BCUT2D eigenvalue weighted by Gasteiger charge is 2.40. The average molecular weight is 251 g/mol. The second kappa shape index (κ2) is 4.82. The Hall–Kier alpha value is -0.610. The lowest BCUT2D eigenvalue weighted by Crippen LogP contribution is -2.53. The summed E-state index contributed by atoms with van der Waals surface area (Å²) < 4.78 is 0. The minimum absolute atomic E-state index is 0.258. The Morgan fingerprint density at radius 3 is 2.50 bits per heavy atom. The molecule has 0 aromatic heterocycles. The average Bonchev–Trinajstić information content (AvgIpc) is 2.50. The van der Waals surface area contributed by atoms with Gasteiger partial charge in [0.05, 0.1) is 5.92 Å². The molecule has 18 heavy (non-hydrogen) atoms. The summed E-state index contributed by atoms with van der Waals surface area (Å²) in [5, 5.41) is 3.20. The number of hydrogen-bond donors (Lipinski definition) is 1. The van der Waals surface area contributed by atoms with Crippen molar-refractivity contribution in [2.24, 2.45) is 5.92 Å². The van der Waals surface area contributed by atoms with Gasteiger partial charge in [-0.2, -0.15) is 0 Å². The summed E-state index contributed by atoms with van der Waals surface area (Å²) in [4.78, 5) is 17.2. The summed E-state index contributed by atoms with van der Waals surface area (Å²) in [5.74, 6) is 0.652. The predicted octanol–water partition coefficient (Wildman–Crippen LogP) is 0.680. The first-order valence-corrected chi connectivity index (χ1v) is 7.43. The van der Waals surface area contributed by atoms with Gasteiger partial charge in [0.25, 0.3) is 0 Å². The zero-order chi connectivity index (χ0) is 12.7. The molecule has 3 saturated heterocycles. The minimum atomic E-state index is 0.258. The van der Waals surface area contributed by atoms with Crippen LogP contribution in [-0.2, 0) is 4.79 Å². The summed E-state index contributed by atoms with van der Waals surface area (Å²) in [7, 11) is 0. The van der Waals surface area contributed by atoms with E-state index in [1.54, 1.807) is 0 Å². The van der Waals surface area contributed by atoms with Crippen molar-refractivity contribution in [3.8, 4) is 0 Å². The van der Waals surface area contributed by atoms with E-state index in [0.29, 0.717) is 24.0 Å². The van der Waals surface area contributed by atoms with Gasteiger partial charge in [0.1, 0.15) is 0 Å². The Balaban J connectivity index is 1.68. The first-order chi connectivity index (χ1) is 8.66. The molecule has 102 valence electrons. The molecule has 4 nitrogen and oxygen atoms in total. The molecule has 0 radical (unpaired) electrons. The summed E-state index contributed by atoms with van der Waals surface area (Å²) in [6, 6.07) is 1.93. The molecule has 2 atom stereocenters. The molecule has 0 aromatic rings. The Kier molecular flexibility index (Phi) is 3.32. The molecule has 3 aliphatic rings. The van der Waals surface area contributed by atoms with Crippen LogP contribution in [0.25, 0.3) is 0 Å². The Labute approximate surface area is 110 Å². The molecule has 3 heterocycles. The number of fused-ring (bicyclic) bond motifs is 2. The van der Waals surface area contributed by atoms with E-state index in [0.717, 1.165) is 26.2 Å². The smallest absolute Gasteiger partial charge is 0.228 e. The second-order valence-corrected chi connectivity index (χ2v) is 6.35. The lowest BCUT2D eigenvalue weighted by molar-refractivity contribution is -0.137. The van der Waals surface area contributed by atoms with Crippen LogP contribution >= 0.6 is 0 Å². The zero-order valence-corrected chi connectivity index (χ0v) is 11.6. The lowest BCUT2D eigenvalue weighted by Gasteiger charge is -2.34. The fourth-order valence-corrected chi connectivity index (χ4v) is 3.88. The Bertz CT molecular complexity index is 327. The van der Waals surface area contributed by atoms with Crippen LogP contribution in [0, 0.1) is 5.92 Å². The first-order valence-electron chi connectivity index (χ1n) is 7.43. The predicted molar refractivity (Wildman–Crippen MR) is 71.3 cm³/mol. The van der Waals surface area contributed by atoms with E-state index in [2.05, 4.69) is 29.0 Å². The molecule has 0 spiro atoms. The van der Waals surface area contributed by atoms with Crippen molar-refractivity contribution in [3.63, 3.8) is 0 Å². The standard InChI is InChI=1S/C14H25N3O/c1-10(2)17-12-3-4-13(17)9-16(6-5-12)14(18)11-7-15-8-11/h10-13,15H,3-9H2,1-2H3. The van der Waals surface area contributed by atoms with E-state index in [1.807, 2.05) is 0 Å². The van der Waals surface area contributed by atoms with Gasteiger partial charge >= 0.3 is 0 Å². The van der Waals surface area contributed by atoms with Crippen molar-refractivity contribution < 1.29 is 4.79 Å². The number of likely N-dealkylation sites (tertiary alicyclic amines) is 1. The number of carbonyl (C=O) groups is 1. The lowest BCUT2D eigenvalue weighted by atomic mass is 10.0. The molecule has 3 aliphatic heterocycles. The second-order valence-electron chi connectivity index (χ2n) is 6.35.